The highest BCUT2D eigenvalue weighted by Crippen LogP contribution is 2.20. The molecule has 0 spiro atoms. The van der Waals surface area contributed by atoms with Crippen molar-refractivity contribution in [1.29, 1.82) is 0 Å². The van der Waals surface area contributed by atoms with E-state index in [1.54, 1.807) is 0 Å². The number of aromatic nitrogens is 5. The van der Waals surface area contributed by atoms with E-state index >= 15 is 0 Å². The van der Waals surface area contributed by atoms with Crippen LogP contribution in [-0.2, 0) is 13.0 Å². The fourth-order valence-corrected chi connectivity index (χ4v) is 3.00. The molecule has 1 fully saturated rings. The number of piperazine rings is 1. The van der Waals surface area contributed by atoms with Gasteiger partial charge in [0.2, 0.25) is 5.89 Å². The number of hydrogen-bond acceptors (Lipinski definition) is 7. The summed E-state index contributed by atoms with van der Waals surface area (Å²) in [6.07, 6.45) is 3.15. The minimum Gasteiger partial charge on any atom is -0.338 e. The summed E-state index contributed by atoms with van der Waals surface area (Å²) < 4.78 is 5.46. The Morgan fingerprint density at radius 1 is 1.17 bits per heavy atom. The Labute approximate surface area is 142 Å². The Bertz CT molecular complexity index is 630. The van der Waals surface area contributed by atoms with Crippen LogP contribution in [0.25, 0.3) is 0 Å². The maximum atomic E-state index is 5.46. The summed E-state index contributed by atoms with van der Waals surface area (Å²) in [5, 5.41) is 11.2. The Hall–Kier alpha value is -1.80. The number of nitrogens with one attached hydrogen (secondary N) is 1. The first-order valence-corrected chi connectivity index (χ1v) is 8.82. The fourth-order valence-electron chi connectivity index (χ4n) is 3.00. The minimum atomic E-state index is 0.167. The standard InChI is InChI=1S/C16H27N7O/c1-4-5-6-14-18-16(24-21-14)12(2)23-9-7-22(8-10-23)11-15-17-13(3)19-20-15/h12H,4-11H2,1-3H3,(H,17,19,20)/t12-/m0/s1. The van der Waals surface area contributed by atoms with Gasteiger partial charge in [-0.3, -0.25) is 14.9 Å². The van der Waals surface area contributed by atoms with Gasteiger partial charge < -0.3 is 4.52 Å². The Balaban J connectivity index is 1.49. The number of hydrogen-bond donors (Lipinski definition) is 1. The quantitative estimate of drug-likeness (QED) is 0.825. The Kier molecular flexibility index (Phi) is 5.57. The largest absolute Gasteiger partial charge is 0.338 e. The van der Waals surface area contributed by atoms with Crippen LogP contribution in [0.3, 0.4) is 0 Å². The summed E-state index contributed by atoms with van der Waals surface area (Å²) in [5.74, 6) is 3.30. The van der Waals surface area contributed by atoms with Crippen LogP contribution in [0.1, 0.15) is 56.1 Å². The maximum absolute atomic E-state index is 5.46. The predicted molar refractivity (Wildman–Crippen MR) is 89.3 cm³/mol. The molecule has 0 aliphatic carbocycles. The summed E-state index contributed by atoms with van der Waals surface area (Å²) >= 11 is 0. The van der Waals surface area contributed by atoms with Crippen LogP contribution >= 0.6 is 0 Å². The van der Waals surface area contributed by atoms with Crippen LogP contribution < -0.4 is 0 Å². The number of rotatable bonds is 7. The molecule has 1 atom stereocenters. The molecule has 24 heavy (non-hydrogen) atoms. The molecular weight excluding hydrogens is 306 g/mol. The van der Waals surface area contributed by atoms with E-state index in [0.29, 0.717) is 0 Å². The van der Waals surface area contributed by atoms with Crippen molar-refractivity contribution in [2.45, 2.75) is 52.6 Å². The smallest absolute Gasteiger partial charge is 0.243 e. The van der Waals surface area contributed by atoms with Crippen molar-refractivity contribution >= 4 is 0 Å². The molecule has 2 aromatic rings. The molecule has 1 aliphatic heterocycles. The average Bonchev–Trinajstić information content (AvgIpc) is 3.22. The zero-order chi connectivity index (χ0) is 16.9. The molecule has 0 unspecified atom stereocenters. The van der Waals surface area contributed by atoms with Crippen LogP contribution in [0.4, 0.5) is 0 Å². The van der Waals surface area contributed by atoms with Crippen LogP contribution in [0.15, 0.2) is 4.52 Å². The van der Waals surface area contributed by atoms with E-state index in [4.69, 9.17) is 4.52 Å². The van der Waals surface area contributed by atoms with Gasteiger partial charge in [0.1, 0.15) is 5.82 Å². The van der Waals surface area contributed by atoms with Gasteiger partial charge in [0.05, 0.1) is 12.6 Å². The fraction of sp³-hybridized carbons (Fsp3) is 0.750. The molecule has 2 aromatic heterocycles. The molecule has 1 saturated heterocycles. The van der Waals surface area contributed by atoms with Gasteiger partial charge in [-0.15, -0.1) is 0 Å². The summed E-state index contributed by atoms with van der Waals surface area (Å²) in [7, 11) is 0. The zero-order valence-corrected chi connectivity index (χ0v) is 14.8. The first-order valence-electron chi connectivity index (χ1n) is 8.82. The molecule has 8 heteroatoms. The lowest BCUT2D eigenvalue weighted by Crippen LogP contribution is -2.46. The van der Waals surface area contributed by atoms with Gasteiger partial charge in [-0.1, -0.05) is 18.5 Å². The second kappa shape index (κ2) is 7.85. The highest BCUT2D eigenvalue weighted by molar-refractivity contribution is 4.94. The van der Waals surface area contributed by atoms with Crippen molar-refractivity contribution in [3.63, 3.8) is 0 Å². The summed E-state index contributed by atoms with van der Waals surface area (Å²) in [4.78, 5) is 13.7. The first kappa shape index (κ1) is 17.0. The molecule has 3 rings (SSSR count). The van der Waals surface area contributed by atoms with Gasteiger partial charge in [-0.05, 0) is 20.3 Å². The van der Waals surface area contributed by atoms with Gasteiger partial charge in [0.15, 0.2) is 11.6 Å². The third-order valence-corrected chi connectivity index (χ3v) is 4.56. The molecule has 132 valence electrons. The minimum absolute atomic E-state index is 0.167. The lowest BCUT2D eigenvalue weighted by molar-refractivity contribution is 0.0832. The van der Waals surface area contributed by atoms with E-state index < -0.39 is 0 Å². The van der Waals surface area contributed by atoms with Crippen molar-refractivity contribution in [3.8, 4) is 0 Å². The molecule has 1 N–H and O–H groups in total. The van der Waals surface area contributed by atoms with Crippen molar-refractivity contribution < 1.29 is 4.52 Å². The van der Waals surface area contributed by atoms with E-state index in [0.717, 1.165) is 75.4 Å². The second-order valence-electron chi connectivity index (χ2n) is 6.48. The molecular formula is C16H27N7O. The lowest BCUT2D eigenvalue weighted by Gasteiger charge is -2.36. The number of aromatic amines is 1. The number of nitrogens with zero attached hydrogens (tertiary/aromatic N) is 6. The molecule has 0 amide bonds. The van der Waals surface area contributed by atoms with Crippen LogP contribution in [0.2, 0.25) is 0 Å². The number of H-pyrrole nitrogens is 1. The van der Waals surface area contributed by atoms with Crippen molar-refractivity contribution in [3.05, 3.63) is 23.4 Å². The highest BCUT2D eigenvalue weighted by atomic mass is 16.5. The van der Waals surface area contributed by atoms with Gasteiger partial charge in [0, 0.05) is 32.6 Å². The van der Waals surface area contributed by atoms with Crippen molar-refractivity contribution in [2.24, 2.45) is 0 Å². The van der Waals surface area contributed by atoms with Gasteiger partial charge >= 0.3 is 0 Å². The summed E-state index contributed by atoms with van der Waals surface area (Å²) in [5.41, 5.74) is 0. The van der Waals surface area contributed by atoms with Crippen molar-refractivity contribution in [2.75, 3.05) is 26.2 Å². The van der Waals surface area contributed by atoms with Gasteiger partial charge in [-0.2, -0.15) is 10.1 Å². The monoisotopic (exact) mass is 333 g/mol. The Morgan fingerprint density at radius 3 is 2.62 bits per heavy atom. The normalized spacial score (nSPS) is 18.1. The first-order chi connectivity index (χ1) is 11.7. The molecule has 0 saturated carbocycles. The van der Waals surface area contributed by atoms with Crippen molar-refractivity contribution in [1.82, 2.24) is 35.1 Å². The van der Waals surface area contributed by atoms with E-state index in [1.807, 2.05) is 6.92 Å². The molecule has 3 heterocycles. The summed E-state index contributed by atoms with van der Waals surface area (Å²) in [6, 6.07) is 0.167. The third-order valence-electron chi connectivity index (χ3n) is 4.56. The van der Waals surface area contributed by atoms with Crippen LogP contribution in [-0.4, -0.2) is 61.3 Å². The van der Waals surface area contributed by atoms with E-state index in [2.05, 4.69) is 49.0 Å². The molecule has 1 aliphatic rings. The topological polar surface area (TPSA) is 87.0 Å². The molecule has 0 bridgehead atoms. The number of unbranched alkanes of at least 4 members (excludes halogenated alkanes) is 1. The average molecular weight is 333 g/mol. The SMILES string of the molecule is CCCCc1noc([C@H](C)N2CCN(Cc3n[nH]c(C)n3)CC2)n1. The third kappa shape index (κ3) is 4.18. The lowest BCUT2D eigenvalue weighted by atomic mass is 10.2. The van der Waals surface area contributed by atoms with Crippen LogP contribution in [0, 0.1) is 6.92 Å². The number of aryl methyl sites for hydroxylation is 2. The van der Waals surface area contributed by atoms with E-state index in [9.17, 15) is 0 Å². The van der Waals surface area contributed by atoms with Gasteiger partial charge in [0.25, 0.3) is 0 Å². The van der Waals surface area contributed by atoms with E-state index in [1.165, 1.54) is 0 Å². The molecule has 0 radical (unpaired) electrons. The van der Waals surface area contributed by atoms with Crippen LogP contribution in [0.5, 0.6) is 0 Å². The Morgan fingerprint density at radius 2 is 1.96 bits per heavy atom. The second-order valence-corrected chi connectivity index (χ2v) is 6.48. The predicted octanol–water partition coefficient (Wildman–Crippen LogP) is 1.72. The van der Waals surface area contributed by atoms with Gasteiger partial charge in [-0.25, -0.2) is 4.98 Å². The molecule has 8 nitrogen and oxygen atoms in total. The zero-order valence-electron chi connectivity index (χ0n) is 14.8. The van der Waals surface area contributed by atoms with E-state index in [-0.39, 0.29) is 6.04 Å². The molecule has 0 aromatic carbocycles. The highest BCUT2D eigenvalue weighted by Gasteiger charge is 2.26. The summed E-state index contributed by atoms with van der Waals surface area (Å²) in [6.45, 7) is 11.0. The maximum Gasteiger partial charge on any atom is 0.243 e.